The van der Waals surface area contributed by atoms with Crippen molar-refractivity contribution in [3.63, 3.8) is 0 Å². The van der Waals surface area contributed by atoms with Crippen LogP contribution in [0.2, 0.25) is 0 Å². The van der Waals surface area contributed by atoms with E-state index in [1.54, 1.807) is 0 Å². The second-order valence-electron chi connectivity index (χ2n) is 13.9. The van der Waals surface area contributed by atoms with Gasteiger partial charge >= 0.3 is 0 Å². The summed E-state index contributed by atoms with van der Waals surface area (Å²) in [6, 6.07) is 0. The van der Waals surface area contributed by atoms with Crippen LogP contribution >= 0.6 is 0 Å². The molecule has 5 aliphatic rings. The number of ether oxygens (including phenoxy) is 8. The van der Waals surface area contributed by atoms with Crippen molar-refractivity contribution in [3.8, 4) is 0 Å². The Morgan fingerprint density at radius 1 is 0.396 bits per heavy atom. The highest BCUT2D eigenvalue weighted by Gasteiger charge is 2.55. The fraction of sp³-hybridized carbons (Fsp3) is 1.00. The summed E-state index contributed by atoms with van der Waals surface area (Å²) in [7, 11) is 0. The predicted octanol–water partition coefficient (Wildman–Crippen LogP) is -9.45. The third-order valence-corrected chi connectivity index (χ3v) is 10.4. The lowest BCUT2D eigenvalue weighted by atomic mass is 9.88. The van der Waals surface area contributed by atoms with Crippen molar-refractivity contribution in [1.82, 2.24) is 0 Å². The molecular formula is C30H52O23. The summed E-state index contributed by atoms with van der Waals surface area (Å²) < 4.78 is 44.2. The van der Waals surface area contributed by atoms with Gasteiger partial charge in [0.25, 0.3) is 0 Å². The van der Waals surface area contributed by atoms with E-state index in [4.69, 9.17) is 37.9 Å². The van der Waals surface area contributed by atoms with Crippen molar-refractivity contribution in [2.75, 3.05) is 19.8 Å². The van der Waals surface area contributed by atoms with E-state index in [9.17, 15) is 76.6 Å². The Morgan fingerprint density at radius 2 is 0.792 bits per heavy atom. The van der Waals surface area contributed by atoms with Gasteiger partial charge in [0.15, 0.2) is 25.2 Å². The van der Waals surface area contributed by atoms with Gasteiger partial charge in [0.2, 0.25) is 0 Å². The molecule has 1 aliphatic carbocycles. The summed E-state index contributed by atoms with van der Waals surface area (Å²) in [5, 5.41) is 155. The molecule has 0 amide bonds. The van der Waals surface area contributed by atoms with Gasteiger partial charge in [0.05, 0.1) is 38.1 Å². The van der Waals surface area contributed by atoms with E-state index in [1.165, 1.54) is 6.92 Å². The molecule has 0 aromatic carbocycles. The standard InChI is InChI=1S/C30H52O23/c1-7-24(17(38)20(41)27(45)46-7)47-8-2-3-9(14(35)13(8)34)48-28-22(43)18(39)25(11(5-32)50-28)53-30-23(44)19(40)26(12(6-33)51-30)52-29-21(42)16(37)15(36)10(4-31)49-29/h7-45H,2-6H2,1H3/t7-,8-,9-,10+,11+,12+,13+,14-,15-,16-,17-,18+,19+,20+,21-,22+,23-,24-,25+,26+,27-,28-,29+,30-/m0/s1. The molecule has 310 valence electrons. The maximum absolute atomic E-state index is 11.0. The Balaban J connectivity index is 1.18. The third-order valence-electron chi connectivity index (χ3n) is 10.4. The highest BCUT2D eigenvalue weighted by molar-refractivity contribution is 4.98. The zero-order chi connectivity index (χ0) is 39.0. The van der Waals surface area contributed by atoms with E-state index < -0.39 is 167 Å². The van der Waals surface area contributed by atoms with E-state index in [0.717, 1.165) is 0 Å². The van der Waals surface area contributed by atoms with Crippen molar-refractivity contribution in [1.29, 1.82) is 0 Å². The van der Waals surface area contributed by atoms with Crippen molar-refractivity contribution >= 4 is 0 Å². The van der Waals surface area contributed by atoms with Crippen LogP contribution in [-0.2, 0) is 37.9 Å². The fourth-order valence-corrected chi connectivity index (χ4v) is 7.15. The first-order valence-electron chi connectivity index (χ1n) is 17.3. The van der Waals surface area contributed by atoms with Crippen molar-refractivity contribution in [2.45, 2.75) is 167 Å². The molecule has 0 aromatic heterocycles. The van der Waals surface area contributed by atoms with Crippen LogP contribution in [0, 0.1) is 0 Å². The highest BCUT2D eigenvalue weighted by Crippen LogP contribution is 2.35. The van der Waals surface area contributed by atoms with Gasteiger partial charge in [0, 0.05) is 0 Å². The average molecular weight is 781 g/mol. The van der Waals surface area contributed by atoms with Crippen molar-refractivity contribution < 1.29 is 114 Å². The van der Waals surface area contributed by atoms with Crippen LogP contribution in [0.15, 0.2) is 0 Å². The highest BCUT2D eigenvalue weighted by atomic mass is 16.8. The van der Waals surface area contributed by atoms with Gasteiger partial charge in [-0.15, -0.1) is 0 Å². The summed E-state index contributed by atoms with van der Waals surface area (Å²) in [4.78, 5) is 0. The number of hydrogen-bond acceptors (Lipinski definition) is 23. The molecule has 4 aliphatic heterocycles. The van der Waals surface area contributed by atoms with Crippen LogP contribution in [0.25, 0.3) is 0 Å². The first-order valence-corrected chi connectivity index (χ1v) is 17.3. The second kappa shape index (κ2) is 18.1. The number of hydrogen-bond donors (Lipinski definition) is 15. The monoisotopic (exact) mass is 780 g/mol. The van der Waals surface area contributed by atoms with Crippen LogP contribution in [-0.4, -0.2) is 244 Å². The van der Waals surface area contributed by atoms with E-state index in [1.807, 2.05) is 0 Å². The zero-order valence-electron chi connectivity index (χ0n) is 28.4. The summed E-state index contributed by atoms with van der Waals surface area (Å²) in [6.45, 7) is -1.08. The Kier molecular flexibility index (Phi) is 14.8. The summed E-state index contributed by atoms with van der Waals surface area (Å²) >= 11 is 0. The first kappa shape index (κ1) is 43.2. The number of rotatable bonds is 11. The smallest absolute Gasteiger partial charge is 0.187 e. The molecule has 53 heavy (non-hydrogen) atoms. The van der Waals surface area contributed by atoms with E-state index in [0.29, 0.717) is 0 Å². The average Bonchev–Trinajstić information content (AvgIpc) is 3.14. The minimum Gasteiger partial charge on any atom is -0.394 e. The van der Waals surface area contributed by atoms with Gasteiger partial charge in [-0.25, -0.2) is 0 Å². The maximum atomic E-state index is 11.0. The Bertz CT molecular complexity index is 1140. The fourth-order valence-electron chi connectivity index (χ4n) is 7.15. The third kappa shape index (κ3) is 8.82. The minimum absolute atomic E-state index is 0.0182. The molecule has 23 heteroatoms. The molecule has 23 nitrogen and oxygen atoms in total. The van der Waals surface area contributed by atoms with Crippen LogP contribution in [0.3, 0.4) is 0 Å². The van der Waals surface area contributed by atoms with Gasteiger partial charge < -0.3 is 114 Å². The van der Waals surface area contributed by atoms with Gasteiger partial charge in [-0.1, -0.05) is 0 Å². The van der Waals surface area contributed by atoms with Crippen LogP contribution < -0.4 is 0 Å². The number of aliphatic hydroxyl groups excluding tert-OH is 15. The van der Waals surface area contributed by atoms with Gasteiger partial charge in [0.1, 0.15) is 104 Å². The van der Waals surface area contributed by atoms with Crippen LogP contribution in [0.1, 0.15) is 19.8 Å². The molecule has 1 saturated carbocycles. The lowest BCUT2D eigenvalue weighted by Crippen LogP contribution is -2.67. The molecule has 0 bridgehead atoms. The zero-order valence-corrected chi connectivity index (χ0v) is 28.4. The van der Waals surface area contributed by atoms with Crippen LogP contribution in [0.5, 0.6) is 0 Å². The van der Waals surface area contributed by atoms with E-state index >= 15 is 0 Å². The molecule has 0 spiro atoms. The molecule has 4 saturated heterocycles. The van der Waals surface area contributed by atoms with Crippen molar-refractivity contribution in [2.24, 2.45) is 0 Å². The molecule has 0 unspecified atom stereocenters. The molecule has 5 fully saturated rings. The Hall–Kier alpha value is -0.920. The van der Waals surface area contributed by atoms with Gasteiger partial charge in [-0.3, -0.25) is 0 Å². The van der Waals surface area contributed by atoms with Gasteiger partial charge in [-0.2, -0.15) is 0 Å². The second-order valence-corrected chi connectivity index (χ2v) is 13.9. The Morgan fingerprint density at radius 3 is 1.26 bits per heavy atom. The lowest BCUT2D eigenvalue weighted by Gasteiger charge is -2.48. The number of aliphatic hydroxyl groups is 15. The molecule has 4 heterocycles. The SMILES string of the molecule is C[C@@H]1O[C@H](O)[C@H](O)[C@H](O)[C@H]1O[C@H]1CC[C@H](O[C@H]2O[C@H](CO)[C@@H](O[C@@H]3O[C@H](CO)[C@@H](O[C@H]4O[C@H](CO)[C@H](O)[C@H](O)[C@@H]4O)[C@H](O)[C@@H]3O)[C@H](O)[C@H]2O)[C@H](O)[C@@H]1O. The largest absolute Gasteiger partial charge is 0.394 e. The molecule has 15 N–H and O–H groups in total. The quantitative estimate of drug-likeness (QED) is 0.0925. The molecule has 0 aromatic rings. The minimum atomic E-state index is -2.02. The van der Waals surface area contributed by atoms with Crippen LogP contribution in [0.4, 0.5) is 0 Å². The topological polar surface area (TPSA) is 377 Å². The molecule has 5 rings (SSSR count). The van der Waals surface area contributed by atoms with E-state index in [2.05, 4.69) is 0 Å². The maximum Gasteiger partial charge on any atom is 0.187 e. The lowest BCUT2D eigenvalue weighted by molar-refractivity contribution is -0.382. The summed E-state index contributed by atoms with van der Waals surface area (Å²) in [5.74, 6) is 0. The normalized spacial score (nSPS) is 54.1. The molecular weight excluding hydrogens is 728 g/mol. The molecule has 24 atom stereocenters. The molecule has 0 radical (unpaired) electrons. The summed E-state index contributed by atoms with van der Waals surface area (Å²) in [5.41, 5.74) is 0. The van der Waals surface area contributed by atoms with E-state index in [-0.39, 0.29) is 12.8 Å². The first-order chi connectivity index (χ1) is 25.0. The Labute approximate surface area is 301 Å². The predicted molar refractivity (Wildman–Crippen MR) is 162 cm³/mol. The summed E-state index contributed by atoms with van der Waals surface area (Å²) in [6.07, 6.45) is -39.0. The van der Waals surface area contributed by atoms with Gasteiger partial charge in [-0.05, 0) is 19.8 Å². The van der Waals surface area contributed by atoms with Crippen molar-refractivity contribution in [3.05, 3.63) is 0 Å².